The summed E-state index contributed by atoms with van der Waals surface area (Å²) in [6.07, 6.45) is 2.78. The van der Waals surface area contributed by atoms with Gasteiger partial charge in [0, 0.05) is 24.5 Å². The van der Waals surface area contributed by atoms with Crippen molar-refractivity contribution in [3.05, 3.63) is 11.6 Å². The summed E-state index contributed by atoms with van der Waals surface area (Å²) in [4.78, 5) is 12.5. The van der Waals surface area contributed by atoms with E-state index in [0.29, 0.717) is 12.5 Å². The van der Waals surface area contributed by atoms with Crippen LogP contribution in [0, 0.1) is 0 Å². The molecule has 0 saturated heterocycles. The molecule has 0 aliphatic rings. The van der Waals surface area contributed by atoms with Crippen LogP contribution < -0.4 is 0 Å². The highest BCUT2D eigenvalue weighted by Crippen LogP contribution is 2.02. The van der Waals surface area contributed by atoms with E-state index in [9.17, 15) is 4.79 Å². The van der Waals surface area contributed by atoms with E-state index in [2.05, 4.69) is 18.7 Å². The summed E-state index contributed by atoms with van der Waals surface area (Å²) in [5, 5.41) is 8.49. The van der Waals surface area contributed by atoms with Gasteiger partial charge in [0.2, 0.25) is 0 Å². The number of rotatable bonds is 7. The van der Waals surface area contributed by atoms with Crippen molar-refractivity contribution in [2.75, 3.05) is 13.1 Å². The first-order valence-electron chi connectivity index (χ1n) is 4.79. The zero-order valence-corrected chi connectivity index (χ0v) is 9.50. The normalized spacial score (nSPS) is 11.8. The molecule has 0 amide bonds. The van der Waals surface area contributed by atoms with E-state index in [0.717, 1.165) is 13.1 Å². The monoisotopic (exact) mass is 219 g/mol. The van der Waals surface area contributed by atoms with Crippen molar-refractivity contribution in [3.8, 4) is 0 Å². The number of halogens is 1. The fraction of sp³-hybridized carbons (Fsp3) is 0.700. The molecule has 0 bridgehead atoms. The maximum atomic E-state index is 10.3. The zero-order valence-electron chi connectivity index (χ0n) is 8.74. The van der Waals surface area contributed by atoms with Gasteiger partial charge >= 0.3 is 5.97 Å². The molecule has 0 unspecified atom stereocenters. The van der Waals surface area contributed by atoms with E-state index in [1.807, 2.05) is 6.08 Å². The molecule has 1 N–H and O–H groups in total. The van der Waals surface area contributed by atoms with Gasteiger partial charge in [0.1, 0.15) is 0 Å². The van der Waals surface area contributed by atoms with Crippen LogP contribution in [0.25, 0.3) is 0 Å². The van der Waals surface area contributed by atoms with Gasteiger partial charge in [0.15, 0.2) is 0 Å². The minimum absolute atomic E-state index is 0.230. The largest absolute Gasteiger partial charge is 0.481 e. The van der Waals surface area contributed by atoms with Crippen LogP contribution in [-0.2, 0) is 4.79 Å². The van der Waals surface area contributed by atoms with Gasteiger partial charge in [0.25, 0.3) is 0 Å². The van der Waals surface area contributed by atoms with E-state index < -0.39 is 5.97 Å². The molecule has 4 heteroatoms. The molecule has 3 nitrogen and oxygen atoms in total. The Kier molecular flexibility index (Phi) is 7.52. The molecule has 0 rings (SSSR count). The van der Waals surface area contributed by atoms with Crippen LogP contribution in [-0.4, -0.2) is 35.1 Å². The van der Waals surface area contributed by atoms with Gasteiger partial charge < -0.3 is 5.11 Å². The predicted octanol–water partition coefficient (Wildman–Crippen LogP) is 2.31. The first-order chi connectivity index (χ1) is 6.57. The molecule has 0 saturated carbocycles. The van der Waals surface area contributed by atoms with Crippen LogP contribution in [0.1, 0.15) is 26.7 Å². The first kappa shape index (κ1) is 13.5. The highest BCUT2D eigenvalue weighted by atomic mass is 35.5. The number of carboxylic acid groups (broad SMARTS) is 1. The summed E-state index contributed by atoms with van der Waals surface area (Å²) < 4.78 is 0. The van der Waals surface area contributed by atoms with Gasteiger partial charge in [-0.25, -0.2) is 0 Å². The molecule has 0 aliphatic heterocycles. The van der Waals surface area contributed by atoms with Crippen molar-refractivity contribution < 1.29 is 9.90 Å². The molecule has 0 aliphatic carbocycles. The van der Waals surface area contributed by atoms with Gasteiger partial charge in [-0.1, -0.05) is 17.7 Å². The summed E-state index contributed by atoms with van der Waals surface area (Å²) in [6.45, 7) is 5.75. The van der Waals surface area contributed by atoms with Gasteiger partial charge in [-0.2, -0.15) is 0 Å². The Morgan fingerprint density at radius 3 is 2.64 bits per heavy atom. The maximum absolute atomic E-state index is 10.3. The quantitative estimate of drug-likeness (QED) is 0.715. The maximum Gasteiger partial charge on any atom is 0.303 e. The van der Waals surface area contributed by atoms with E-state index in [4.69, 9.17) is 16.7 Å². The smallest absolute Gasteiger partial charge is 0.303 e. The number of carboxylic acids is 1. The summed E-state index contributed by atoms with van der Waals surface area (Å²) in [6, 6.07) is 0.414. The second kappa shape index (κ2) is 7.83. The van der Waals surface area contributed by atoms with E-state index in [1.165, 1.54) is 5.54 Å². The standard InChI is InChI=1S/C10H18ClNO2/c1-9(2)12(8-4-6-11)7-3-5-10(13)14/h4,6,9H,3,5,7-8H2,1-2H3,(H,13,14)/b6-4+. The van der Waals surface area contributed by atoms with Crippen molar-refractivity contribution in [2.45, 2.75) is 32.7 Å². The summed E-state index contributed by atoms with van der Waals surface area (Å²) in [5.74, 6) is -0.735. The van der Waals surface area contributed by atoms with Crippen molar-refractivity contribution in [1.29, 1.82) is 0 Å². The summed E-state index contributed by atoms with van der Waals surface area (Å²) >= 11 is 5.43. The van der Waals surface area contributed by atoms with Gasteiger partial charge in [-0.15, -0.1) is 0 Å². The predicted molar refractivity (Wildman–Crippen MR) is 58.6 cm³/mol. The van der Waals surface area contributed by atoms with Crippen molar-refractivity contribution >= 4 is 17.6 Å². The Morgan fingerprint density at radius 2 is 2.21 bits per heavy atom. The molecule has 0 heterocycles. The van der Waals surface area contributed by atoms with Crippen LogP contribution in [0.3, 0.4) is 0 Å². The van der Waals surface area contributed by atoms with Crippen LogP contribution in [0.15, 0.2) is 11.6 Å². The molecule has 0 aromatic rings. The van der Waals surface area contributed by atoms with Gasteiger partial charge in [-0.3, -0.25) is 9.69 Å². The molecule has 0 radical (unpaired) electrons. The van der Waals surface area contributed by atoms with Crippen molar-refractivity contribution in [3.63, 3.8) is 0 Å². The molecule has 0 atom stereocenters. The minimum atomic E-state index is -0.735. The second-order valence-electron chi connectivity index (χ2n) is 3.45. The minimum Gasteiger partial charge on any atom is -0.481 e. The lowest BCUT2D eigenvalue weighted by atomic mass is 10.2. The topological polar surface area (TPSA) is 40.5 Å². The van der Waals surface area contributed by atoms with Crippen molar-refractivity contribution in [1.82, 2.24) is 4.90 Å². The Labute approximate surface area is 90.4 Å². The Hall–Kier alpha value is -0.540. The molecule has 0 fully saturated rings. The summed E-state index contributed by atoms with van der Waals surface area (Å²) in [5.41, 5.74) is 1.49. The third-order valence-corrected chi connectivity index (χ3v) is 2.17. The zero-order chi connectivity index (χ0) is 11.0. The lowest BCUT2D eigenvalue weighted by molar-refractivity contribution is -0.137. The van der Waals surface area contributed by atoms with Gasteiger partial charge in [0.05, 0.1) is 0 Å². The Morgan fingerprint density at radius 1 is 1.57 bits per heavy atom. The first-order valence-corrected chi connectivity index (χ1v) is 5.22. The average molecular weight is 220 g/mol. The van der Waals surface area contributed by atoms with Crippen LogP contribution in [0.4, 0.5) is 0 Å². The van der Waals surface area contributed by atoms with E-state index in [1.54, 1.807) is 0 Å². The second-order valence-corrected chi connectivity index (χ2v) is 3.70. The molecule has 82 valence electrons. The Bertz CT molecular complexity index is 193. The Balaban J connectivity index is 3.79. The molecule has 0 aromatic carbocycles. The molecular weight excluding hydrogens is 202 g/mol. The number of hydrogen-bond acceptors (Lipinski definition) is 2. The van der Waals surface area contributed by atoms with Crippen molar-refractivity contribution in [2.24, 2.45) is 0 Å². The SMILES string of the molecule is CC(C)N(C/C=C/Cl)CCCC(=O)O. The number of nitrogens with zero attached hydrogens (tertiary/aromatic N) is 1. The third-order valence-electron chi connectivity index (χ3n) is 2.00. The third kappa shape index (κ3) is 6.92. The fourth-order valence-corrected chi connectivity index (χ4v) is 1.25. The van der Waals surface area contributed by atoms with E-state index in [-0.39, 0.29) is 6.42 Å². The van der Waals surface area contributed by atoms with Gasteiger partial charge in [-0.05, 0) is 26.8 Å². The number of hydrogen-bond donors (Lipinski definition) is 1. The molecule has 0 aromatic heterocycles. The van der Waals surface area contributed by atoms with Crippen LogP contribution in [0.2, 0.25) is 0 Å². The molecule has 0 spiro atoms. The molecular formula is C10H18ClNO2. The average Bonchev–Trinajstić information content (AvgIpc) is 2.09. The fourth-order valence-electron chi connectivity index (χ4n) is 1.17. The lowest BCUT2D eigenvalue weighted by Gasteiger charge is -2.24. The number of aliphatic carboxylic acids is 1. The highest BCUT2D eigenvalue weighted by molar-refractivity contribution is 6.25. The number of carbonyl (C=O) groups is 1. The lowest BCUT2D eigenvalue weighted by Crippen LogP contribution is -2.32. The highest BCUT2D eigenvalue weighted by Gasteiger charge is 2.07. The molecule has 14 heavy (non-hydrogen) atoms. The van der Waals surface area contributed by atoms with Crippen LogP contribution >= 0.6 is 11.6 Å². The van der Waals surface area contributed by atoms with E-state index >= 15 is 0 Å². The van der Waals surface area contributed by atoms with Crippen LogP contribution in [0.5, 0.6) is 0 Å². The summed E-state index contributed by atoms with van der Waals surface area (Å²) in [7, 11) is 0.